The lowest BCUT2D eigenvalue weighted by molar-refractivity contribution is -0.142. The highest BCUT2D eigenvalue weighted by Gasteiger charge is 2.34. The van der Waals surface area contributed by atoms with E-state index in [2.05, 4.69) is 4.98 Å². The van der Waals surface area contributed by atoms with Crippen molar-refractivity contribution in [3.05, 3.63) is 39.3 Å². The maximum Gasteiger partial charge on any atom is 0.273 e. The average molecular weight is 408 g/mol. The molecule has 7 nitrogen and oxygen atoms in total. The number of hydrogen-bond donors (Lipinski definition) is 0. The number of rotatable bonds is 2. The number of aryl methyl sites for hydroxylation is 1. The van der Waals surface area contributed by atoms with Crippen LogP contribution in [0.1, 0.15) is 15.4 Å². The van der Waals surface area contributed by atoms with E-state index in [0.717, 1.165) is 4.88 Å². The highest BCUT2D eigenvalue weighted by Crippen LogP contribution is 2.31. The van der Waals surface area contributed by atoms with Gasteiger partial charge in [0.1, 0.15) is 12.3 Å². The Bertz CT molecular complexity index is 879. The van der Waals surface area contributed by atoms with Gasteiger partial charge in [-0.15, -0.1) is 11.3 Å². The van der Waals surface area contributed by atoms with Crippen LogP contribution in [-0.4, -0.2) is 65.5 Å². The summed E-state index contributed by atoms with van der Waals surface area (Å²) in [5.74, 6) is 0.958. The fraction of sp³-hybridized carbons (Fsp3) is 0.389. The van der Waals surface area contributed by atoms with Crippen LogP contribution in [0, 0.1) is 6.92 Å². The summed E-state index contributed by atoms with van der Waals surface area (Å²) in [4.78, 5) is 33.7. The van der Waals surface area contributed by atoms with E-state index in [9.17, 15) is 9.59 Å². The van der Waals surface area contributed by atoms with Gasteiger partial charge in [-0.1, -0.05) is 23.7 Å². The quantitative estimate of drug-likeness (QED) is 0.763. The molecule has 3 heterocycles. The Hall–Kier alpha value is -2.32. The van der Waals surface area contributed by atoms with Crippen molar-refractivity contribution in [3.63, 3.8) is 0 Å². The summed E-state index contributed by atoms with van der Waals surface area (Å²) in [5, 5.41) is 0. The molecule has 2 aliphatic rings. The first-order valence-corrected chi connectivity index (χ1v) is 9.82. The first-order valence-electron chi connectivity index (χ1n) is 8.62. The zero-order valence-electron chi connectivity index (χ0n) is 14.7. The second-order valence-electron chi connectivity index (χ2n) is 6.35. The van der Waals surface area contributed by atoms with Gasteiger partial charge in [0.15, 0.2) is 16.0 Å². The van der Waals surface area contributed by atoms with Gasteiger partial charge >= 0.3 is 0 Å². The summed E-state index contributed by atoms with van der Waals surface area (Å²) in [5.41, 5.74) is 0.394. The number of ether oxygens (including phenoxy) is 2. The van der Waals surface area contributed by atoms with Crippen molar-refractivity contribution in [1.29, 1.82) is 0 Å². The SMILES string of the molecule is Cc1sc(Cl)nc1C(=O)N1CCN(C(=O)[C@H]2COc3ccccc3O2)CC1. The molecule has 4 rings (SSSR count). The van der Waals surface area contributed by atoms with Crippen LogP contribution in [-0.2, 0) is 4.79 Å². The average Bonchev–Trinajstić information content (AvgIpc) is 3.04. The first-order chi connectivity index (χ1) is 13.0. The molecule has 9 heteroatoms. The monoisotopic (exact) mass is 407 g/mol. The van der Waals surface area contributed by atoms with E-state index < -0.39 is 6.10 Å². The number of piperazine rings is 1. The van der Waals surface area contributed by atoms with Crippen LogP contribution < -0.4 is 9.47 Å². The number of amides is 2. The number of hydrogen-bond acceptors (Lipinski definition) is 6. The van der Waals surface area contributed by atoms with Gasteiger partial charge in [0.05, 0.1) is 0 Å². The number of carbonyl (C=O) groups excluding carboxylic acids is 2. The van der Waals surface area contributed by atoms with Crippen molar-refractivity contribution in [1.82, 2.24) is 14.8 Å². The van der Waals surface area contributed by atoms with Gasteiger partial charge < -0.3 is 19.3 Å². The number of carbonyl (C=O) groups is 2. The molecule has 2 aliphatic heterocycles. The molecular weight excluding hydrogens is 390 g/mol. The van der Waals surface area contributed by atoms with Crippen molar-refractivity contribution < 1.29 is 19.1 Å². The molecule has 27 heavy (non-hydrogen) atoms. The number of aromatic nitrogens is 1. The number of thiazole rings is 1. The van der Waals surface area contributed by atoms with Gasteiger partial charge in [-0.05, 0) is 19.1 Å². The van der Waals surface area contributed by atoms with Crippen LogP contribution >= 0.6 is 22.9 Å². The van der Waals surface area contributed by atoms with E-state index in [-0.39, 0.29) is 18.4 Å². The molecule has 0 unspecified atom stereocenters. The van der Waals surface area contributed by atoms with Crippen LogP contribution in [0.5, 0.6) is 11.5 Å². The maximum absolute atomic E-state index is 12.8. The molecule has 1 saturated heterocycles. The van der Waals surface area contributed by atoms with E-state index in [1.807, 2.05) is 25.1 Å². The Morgan fingerprint density at radius 1 is 1.15 bits per heavy atom. The second-order valence-corrected chi connectivity index (χ2v) is 8.14. The standard InChI is InChI=1S/C18H18ClN3O4S/c1-11-15(20-18(19)27-11)17(24)22-8-6-21(7-9-22)16(23)14-10-25-12-4-2-3-5-13(12)26-14/h2-5,14H,6-10H2,1H3/t14-/m1/s1. The molecule has 142 valence electrons. The summed E-state index contributed by atoms with van der Waals surface area (Å²) < 4.78 is 11.8. The third-order valence-electron chi connectivity index (χ3n) is 4.64. The molecule has 0 aliphatic carbocycles. The Morgan fingerprint density at radius 2 is 1.81 bits per heavy atom. The molecule has 0 spiro atoms. The van der Waals surface area contributed by atoms with Gasteiger partial charge in [0, 0.05) is 31.1 Å². The van der Waals surface area contributed by atoms with Crippen LogP contribution in [0.2, 0.25) is 4.47 Å². The van der Waals surface area contributed by atoms with Crippen molar-refractivity contribution >= 4 is 34.8 Å². The van der Waals surface area contributed by atoms with Crippen LogP contribution in [0.25, 0.3) is 0 Å². The van der Waals surface area contributed by atoms with Gasteiger partial charge in [0.25, 0.3) is 11.8 Å². The second kappa shape index (κ2) is 7.36. The van der Waals surface area contributed by atoms with Gasteiger partial charge in [0.2, 0.25) is 6.10 Å². The smallest absolute Gasteiger partial charge is 0.273 e. The van der Waals surface area contributed by atoms with Crippen LogP contribution in [0.3, 0.4) is 0 Å². The normalized spacial score (nSPS) is 19.1. The fourth-order valence-corrected chi connectivity index (χ4v) is 4.24. The number of nitrogens with zero attached hydrogens (tertiary/aromatic N) is 3. The van der Waals surface area contributed by atoms with Crippen LogP contribution in [0.15, 0.2) is 24.3 Å². The van der Waals surface area contributed by atoms with Crippen molar-refractivity contribution in [3.8, 4) is 11.5 Å². The van der Waals surface area contributed by atoms with Gasteiger partial charge in [-0.25, -0.2) is 4.98 Å². The number of fused-ring (bicyclic) bond motifs is 1. The third-order valence-corrected chi connectivity index (χ3v) is 5.71. The zero-order valence-corrected chi connectivity index (χ0v) is 16.3. The summed E-state index contributed by atoms with van der Waals surface area (Å²) in [7, 11) is 0. The minimum atomic E-state index is -0.665. The molecule has 2 amide bonds. The summed E-state index contributed by atoms with van der Waals surface area (Å²) in [6.07, 6.45) is -0.665. The predicted molar refractivity (Wildman–Crippen MR) is 101 cm³/mol. The van der Waals surface area contributed by atoms with Crippen LogP contribution in [0.4, 0.5) is 0 Å². The highest BCUT2D eigenvalue weighted by atomic mass is 35.5. The van der Waals surface area contributed by atoms with E-state index >= 15 is 0 Å². The Labute approximate surface area is 165 Å². The minimum absolute atomic E-state index is 0.121. The van der Waals surface area contributed by atoms with E-state index in [1.165, 1.54) is 11.3 Å². The van der Waals surface area contributed by atoms with E-state index in [4.69, 9.17) is 21.1 Å². The van der Waals surface area contributed by atoms with Crippen molar-refractivity contribution in [2.45, 2.75) is 13.0 Å². The summed E-state index contributed by atoms with van der Waals surface area (Å²) >= 11 is 7.19. The first kappa shape index (κ1) is 18.1. The molecule has 2 aromatic rings. The van der Waals surface area contributed by atoms with E-state index in [1.54, 1.807) is 15.9 Å². The lowest BCUT2D eigenvalue weighted by atomic mass is 10.2. The maximum atomic E-state index is 12.8. The van der Waals surface area contributed by atoms with Crippen molar-refractivity contribution in [2.75, 3.05) is 32.8 Å². The predicted octanol–water partition coefficient (Wildman–Crippen LogP) is 2.23. The Balaban J connectivity index is 1.36. The molecule has 1 fully saturated rings. The Morgan fingerprint density at radius 3 is 2.48 bits per heavy atom. The molecule has 0 bridgehead atoms. The molecule has 0 N–H and O–H groups in total. The number of para-hydroxylation sites is 2. The summed E-state index contributed by atoms with van der Waals surface area (Å²) in [6, 6.07) is 7.30. The minimum Gasteiger partial charge on any atom is -0.485 e. The Kier molecular flexibility index (Phi) is 4.92. The molecule has 1 aromatic heterocycles. The van der Waals surface area contributed by atoms with Gasteiger partial charge in [-0.2, -0.15) is 0 Å². The lowest BCUT2D eigenvalue weighted by Crippen LogP contribution is -2.55. The molecule has 1 aromatic carbocycles. The molecule has 1 atom stereocenters. The molecule has 0 radical (unpaired) electrons. The lowest BCUT2D eigenvalue weighted by Gasteiger charge is -2.37. The largest absolute Gasteiger partial charge is 0.485 e. The van der Waals surface area contributed by atoms with E-state index in [0.29, 0.717) is 47.8 Å². The fourth-order valence-electron chi connectivity index (χ4n) is 3.19. The number of halogens is 1. The van der Waals surface area contributed by atoms with Crippen molar-refractivity contribution in [2.24, 2.45) is 0 Å². The molecular formula is C18H18ClN3O4S. The summed E-state index contributed by atoms with van der Waals surface area (Å²) in [6.45, 7) is 3.80. The van der Waals surface area contributed by atoms with Gasteiger partial charge in [-0.3, -0.25) is 9.59 Å². The molecule has 0 saturated carbocycles. The zero-order chi connectivity index (χ0) is 19.0. The topological polar surface area (TPSA) is 72.0 Å². The third kappa shape index (κ3) is 3.59. The number of benzene rings is 1. The highest BCUT2D eigenvalue weighted by molar-refractivity contribution is 7.15.